The first kappa shape index (κ1) is 38.3. The second-order valence-electron chi connectivity index (χ2n) is 19.0. The number of hydrogen-bond acceptors (Lipinski definition) is 9. The van der Waals surface area contributed by atoms with Crippen LogP contribution in [0.3, 0.4) is 0 Å². The molecule has 1 amide bonds. The number of carbonyl (C=O) groups is 2. The van der Waals surface area contributed by atoms with Crippen LogP contribution in [0, 0.1) is 52.3 Å². The van der Waals surface area contributed by atoms with E-state index in [4.69, 9.17) is 4.74 Å². The van der Waals surface area contributed by atoms with Gasteiger partial charge in [0.2, 0.25) is 5.91 Å². The van der Waals surface area contributed by atoms with Crippen LogP contribution in [0.1, 0.15) is 97.5 Å². The monoisotopic (exact) mass is 747 g/mol. The third kappa shape index (κ3) is 5.63. The Balaban J connectivity index is 1.19. The summed E-state index contributed by atoms with van der Waals surface area (Å²) in [6, 6.07) is 5.31. The van der Waals surface area contributed by atoms with Crippen LogP contribution >= 0.6 is 0 Å². The van der Waals surface area contributed by atoms with Gasteiger partial charge in [0.25, 0.3) is 0 Å². The van der Waals surface area contributed by atoms with E-state index in [1.165, 1.54) is 0 Å². The molecular weight excluding hydrogens is 686 g/mol. The predicted octanol–water partition coefficient (Wildman–Crippen LogP) is 4.61. The van der Waals surface area contributed by atoms with Crippen molar-refractivity contribution >= 4 is 17.4 Å². The summed E-state index contributed by atoms with van der Waals surface area (Å²) in [6.07, 6.45) is 8.81. The number of amides is 1. The van der Waals surface area contributed by atoms with Gasteiger partial charge >= 0.3 is 0 Å². The van der Waals surface area contributed by atoms with Crippen LogP contribution in [0.25, 0.3) is 0 Å². The molecule has 6 N–H and O–H groups in total. The van der Waals surface area contributed by atoms with E-state index in [2.05, 4.69) is 39.8 Å². The molecule has 8 rings (SSSR count). The number of phenols is 1. The van der Waals surface area contributed by atoms with Crippen molar-refractivity contribution in [1.82, 2.24) is 0 Å². The number of ether oxygens (including phenoxy) is 1. The Hall–Kier alpha value is -2.60. The fourth-order valence-corrected chi connectivity index (χ4v) is 12.9. The summed E-state index contributed by atoms with van der Waals surface area (Å²) in [5.41, 5.74) is -2.04. The number of aromatic hydroxyl groups is 1. The maximum Gasteiger partial charge on any atom is 0.230 e. The van der Waals surface area contributed by atoms with E-state index >= 15 is 0 Å². The number of aryl methyl sites for hydroxylation is 1. The SMILES string of the molecule is CC(C)C(C)C1OC1C1(O)CC=CC2CC3C(=CC(=O)C4CC(O)C(O)CC43C)C3(O)CCC1C23CCc1cc(O)cc(N2CCC(CCCO)C2=O)c1. The molecule has 14 unspecified atom stereocenters. The quantitative estimate of drug-likeness (QED) is 0.148. The fourth-order valence-electron chi connectivity index (χ4n) is 12.9. The number of hydrogen-bond donors (Lipinski definition) is 6. The lowest BCUT2D eigenvalue weighted by molar-refractivity contribution is -0.182. The summed E-state index contributed by atoms with van der Waals surface area (Å²) in [7, 11) is 0. The molecular formula is C44H61NO9. The van der Waals surface area contributed by atoms with Crippen LogP contribution in [0.15, 0.2) is 42.0 Å². The molecule has 296 valence electrons. The standard InChI is InChI=1S/C44H61NO9/c1-24(2)25(3)38-39(54-38)43(52)12-5-8-28-19-31-32(21-34(48)33-22-35(49)36(50)23-41(31,33)4)44(53)14-10-37(43)42(28,44)13-9-26-17-29(20-30(47)18-26)45-15-11-27(40(45)51)7-6-16-46/h5,8,17-18,20-21,24-25,27-28,31,33,35-39,46-47,49-50,52-53H,6-7,9-16,19,22-23H2,1-4H3. The van der Waals surface area contributed by atoms with Gasteiger partial charge in [0.15, 0.2) is 5.78 Å². The minimum atomic E-state index is -1.43. The molecule has 10 nitrogen and oxygen atoms in total. The lowest BCUT2D eigenvalue weighted by Gasteiger charge is -2.63. The molecule has 1 aromatic carbocycles. The zero-order valence-electron chi connectivity index (χ0n) is 32.4. The largest absolute Gasteiger partial charge is 0.508 e. The topological polar surface area (TPSA) is 171 Å². The van der Waals surface area contributed by atoms with Gasteiger partial charge in [-0.25, -0.2) is 0 Å². The number of aliphatic hydroxyl groups is 5. The van der Waals surface area contributed by atoms with Gasteiger partial charge in [-0.1, -0.05) is 39.8 Å². The van der Waals surface area contributed by atoms with Gasteiger partial charge in [-0.15, -0.1) is 0 Å². The van der Waals surface area contributed by atoms with Crippen LogP contribution in [-0.2, 0) is 20.7 Å². The number of anilines is 1. The van der Waals surface area contributed by atoms with E-state index in [0.717, 1.165) is 5.56 Å². The summed E-state index contributed by atoms with van der Waals surface area (Å²) in [4.78, 5) is 29.2. The van der Waals surface area contributed by atoms with Gasteiger partial charge in [-0.05, 0) is 129 Å². The number of rotatable bonds is 10. The van der Waals surface area contributed by atoms with Crippen molar-refractivity contribution in [3.63, 3.8) is 0 Å². The summed E-state index contributed by atoms with van der Waals surface area (Å²) >= 11 is 0. The zero-order valence-corrected chi connectivity index (χ0v) is 32.4. The van der Waals surface area contributed by atoms with Gasteiger partial charge in [0, 0.05) is 48.1 Å². The van der Waals surface area contributed by atoms with Crippen LogP contribution in [0.4, 0.5) is 5.69 Å². The summed E-state index contributed by atoms with van der Waals surface area (Å²) in [5.74, 6) is -0.777. The molecule has 54 heavy (non-hydrogen) atoms. The van der Waals surface area contributed by atoms with Crippen molar-refractivity contribution in [2.45, 2.75) is 134 Å². The van der Waals surface area contributed by atoms with Crippen LogP contribution in [-0.4, -0.2) is 91.1 Å². The Morgan fingerprint density at radius 1 is 1.02 bits per heavy atom. The highest BCUT2D eigenvalue weighted by Crippen LogP contribution is 2.73. The van der Waals surface area contributed by atoms with Crippen LogP contribution < -0.4 is 4.90 Å². The minimum absolute atomic E-state index is 0.000953. The number of nitrogens with zero attached hydrogens (tertiary/aromatic N) is 1. The molecule has 0 bridgehead atoms. The van der Waals surface area contributed by atoms with E-state index in [-0.39, 0.29) is 78.7 Å². The van der Waals surface area contributed by atoms with Crippen molar-refractivity contribution in [2.24, 2.45) is 52.3 Å². The highest BCUT2D eigenvalue weighted by Gasteiger charge is 2.75. The Kier molecular flexibility index (Phi) is 9.58. The van der Waals surface area contributed by atoms with Gasteiger partial charge in [-0.2, -0.15) is 0 Å². The third-order valence-corrected chi connectivity index (χ3v) is 16.1. The molecule has 5 aliphatic carbocycles. The molecule has 0 radical (unpaired) electrons. The Bertz CT molecular complexity index is 1720. The second kappa shape index (κ2) is 13.5. The molecule has 3 saturated carbocycles. The van der Waals surface area contributed by atoms with Crippen molar-refractivity contribution in [2.75, 3.05) is 18.1 Å². The Labute approximate surface area is 319 Å². The Morgan fingerprint density at radius 3 is 2.54 bits per heavy atom. The molecule has 5 fully saturated rings. The first-order chi connectivity index (χ1) is 25.6. The average molecular weight is 748 g/mol. The molecule has 2 heterocycles. The van der Waals surface area contributed by atoms with E-state index in [0.29, 0.717) is 81.5 Å². The summed E-state index contributed by atoms with van der Waals surface area (Å²) in [5, 5.41) is 68.6. The highest BCUT2D eigenvalue weighted by atomic mass is 16.6. The smallest absolute Gasteiger partial charge is 0.230 e. The van der Waals surface area contributed by atoms with E-state index < -0.39 is 40.2 Å². The van der Waals surface area contributed by atoms with E-state index in [9.17, 15) is 40.2 Å². The summed E-state index contributed by atoms with van der Waals surface area (Å²) < 4.78 is 6.40. The van der Waals surface area contributed by atoms with Gasteiger partial charge in [0.1, 0.15) is 17.5 Å². The molecule has 14 atom stereocenters. The molecule has 0 aromatic heterocycles. The number of ketones is 1. The van der Waals surface area contributed by atoms with Gasteiger partial charge in [0.05, 0.1) is 23.9 Å². The second-order valence-corrected chi connectivity index (χ2v) is 19.0. The minimum Gasteiger partial charge on any atom is -0.508 e. The van der Waals surface area contributed by atoms with Crippen molar-refractivity contribution in [3.05, 3.63) is 47.6 Å². The number of benzene rings is 1. The molecule has 2 saturated heterocycles. The number of aliphatic hydroxyl groups excluding tert-OH is 3. The maximum absolute atomic E-state index is 14.1. The molecule has 1 aromatic rings. The number of fused-ring (bicyclic) bond motifs is 4. The van der Waals surface area contributed by atoms with Crippen LogP contribution in [0.5, 0.6) is 5.75 Å². The first-order valence-corrected chi connectivity index (χ1v) is 20.7. The lowest BCUT2D eigenvalue weighted by Crippen LogP contribution is -2.66. The zero-order chi connectivity index (χ0) is 38.5. The maximum atomic E-state index is 14.1. The highest BCUT2D eigenvalue weighted by molar-refractivity contribution is 5.97. The Morgan fingerprint density at radius 2 is 1.80 bits per heavy atom. The number of phenolic OH excluding ortho intramolecular Hbond substituents is 1. The summed E-state index contributed by atoms with van der Waals surface area (Å²) in [6.45, 7) is 9.15. The van der Waals surface area contributed by atoms with Crippen molar-refractivity contribution in [3.8, 4) is 5.75 Å². The van der Waals surface area contributed by atoms with Crippen molar-refractivity contribution < 1.29 is 45.0 Å². The van der Waals surface area contributed by atoms with E-state index in [1.54, 1.807) is 23.1 Å². The molecule has 0 spiro atoms. The fraction of sp³-hybridized carbons (Fsp3) is 0.727. The lowest BCUT2D eigenvalue weighted by atomic mass is 9.42. The van der Waals surface area contributed by atoms with Gasteiger partial charge < -0.3 is 40.3 Å². The molecule has 2 aliphatic heterocycles. The predicted molar refractivity (Wildman–Crippen MR) is 202 cm³/mol. The van der Waals surface area contributed by atoms with Gasteiger partial charge in [-0.3, -0.25) is 9.59 Å². The number of carbonyl (C=O) groups excluding carboxylic acids is 2. The molecule has 10 heteroatoms. The number of epoxide rings is 1. The number of allylic oxidation sites excluding steroid dienone is 2. The first-order valence-electron chi connectivity index (χ1n) is 20.7. The van der Waals surface area contributed by atoms with E-state index in [1.807, 2.05) is 6.07 Å². The average Bonchev–Trinajstić information content (AvgIpc) is 3.78. The molecule has 7 aliphatic rings. The third-order valence-electron chi connectivity index (χ3n) is 16.1. The van der Waals surface area contributed by atoms with Crippen LogP contribution in [0.2, 0.25) is 0 Å². The normalized spacial score (nSPS) is 44.4. The van der Waals surface area contributed by atoms with Crippen molar-refractivity contribution in [1.29, 1.82) is 0 Å².